The molecule has 1 aromatic carbocycles. The Hall–Kier alpha value is -1.77. The average molecular weight is 257 g/mol. The van der Waals surface area contributed by atoms with Crippen LogP contribution in [0.5, 0.6) is 0 Å². The first-order chi connectivity index (χ1) is 8.79. The molecule has 102 valence electrons. The third-order valence-corrected chi connectivity index (χ3v) is 3.31. The number of nitrogens with zero attached hydrogens (tertiary/aromatic N) is 3. The number of hydrogen-bond donors (Lipinski definition) is 0. The van der Waals surface area contributed by atoms with Gasteiger partial charge in [-0.1, -0.05) is 32.9 Å². The van der Waals surface area contributed by atoms with Crippen molar-refractivity contribution in [3.63, 3.8) is 0 Å². The first-order valence-electron chi connectivity index (χ1n) is 6.64. The quantitative estimate of drug-likeness (QED) is 0.820. The number of hydrogen-bond acceptors (Lipinski definition) is 2. The molecular formula is C16H23N3. The molecule has 0 saturated carbocycles. The molecule has 0 bridgehead atoms. The lowest BCUT2D eigenvalue weighted by atomic mass is 9.87. The van der Waals surface area contributed by atoms with Gasteiger partial charge in [-0.3, -0.25) is 0 Å². The molecule has 0 radical (unpaired) electrons. The minimum absolute atomic E-state index is 0.187. The number of rotatable bonds is 2. The maximum Gasteiger partial charge on any atom is 0.150 e. The summed E-state index contributed by atoms with van der Waals surface area (Å²) >= 11 is 0. The van der Waals surface area contributed by atoms with Gasteiger partial charge < -0.3 is 4.90 Å². The molecule has 0 N–H and O–H groups in total. The molecule has 3 nitrogen and oxygen atoms in total. The fourth-order valence-corrected chi connectivity index (χ4v) is 2.04. The molecule has 0 atom stereocenters. The van der Waals surface area contributed by atoms with Gasteiger partial charge >= 0.3 is 0 Å². The lowest BCUT2D eigenvalue weighted by Crippen LogP contribution is -2.11. The van der Waals surface area contributed by atoms with Crippen molar-refractivity contribution in [1.82, 2.24) is 9.78 Å². The summed E-state index contributed by atoms with van der Waals surface area (Å²) in [7, 11) is 4.02. The van der Waals surface area contributed by atoms with Crippen molar-refractivity contribution in [3.8, 4) is 5.69 Å². The highest BCUT2D eigenvalue weighted by Crippen LogP contribution is 2.24. The summed E-state index contributed by atoms with van der Waals surface area (Å²) in [6.45, 7) is 8.76. The van der Waals surface area contributed by atoms with E-state index in [1.807, 2.05) is 23.7 Å². The summed E-state index contributed by atoms with van der Waals surface area (Å²) in [6.07, 6.45) is 0. The van der Waals surface area contributed by atoms with E-state index in [1.54, 1.807) is 0 Å². The molecule has 0 aliphatic carbocycles. The fourth-order valence-electron chi connectivity index (χ4n) is 2.04. The first-order valence-corrected chi connectivity index (χ1v) is 6.64. The fraction of sp³-hybridized carbons (Fsp3) is 0.438. The maximum absolute atomic E-state index is 4.61. The molecule has 0 saturated heterocycles. The van der Waals surface area contributed by atoms with E-state index < -0.39 is 0 Å². The van der Waals surface area contributed by atoms with Crippen LogP contribution in [0.15, 0.2) is 30.3 Å². The molecule has 0 unspecified atom stereocenters. The van der Waals surface area contributed by atoms with Crippen LogP contribution < -0.4 is 4.90 Å². The molecule has 19 heavy (non-hydrogen) atoms. The summed E-state index contributed by atoms with van der Waals surface area (Å²) in [5.74, 6) is 0.984. The van der Waals surface area contributed by atoms with Crippen LogP contribution in [0.2, 0.25) is 0 Å². The van der Waals surface area contributed by atoms with Crippen LogP contribution >= 0.6 is 0 Å². The molecule has 0 fully saturated rings. The minimum atomic E-state index is 0.187. The van der Waals surface area contributed by atoms with Crippen LogP contribution in [0.25, 0.3) is 5.69 Å². The molecule has 0 amide bonds. The van der Waals surface area contributed by atoms with E-state index in [2.05, 4.69) is 63.1 Å². The second-order valence-electron chi connectivity index (χ2n) is 6.25. The summed E-state index contributed by atoms with van der Waals surface area (Å²) in [6, 6.07) is 10.7. The summed E-state index contributed by atoms with van der Waals surface area (Å²) in [4.78, 5) is 2.02. The van der Waals surface area contributed by atoms with Gasteiger partial charge in [0.2, 0.25) is 0 Å². The topological polar surface area (TPSA) is 21.1 Å². The van der Waals surface area contributed by atoms with E-state index in [-0.39, 0.29) is 5.41 Å². The molecule has 0 aliphatic rings. The van der Waals surface area contributed by atoms with Crippen molar-refractivity contribution in [2.45, 2.75) is 33.1 Å². The van der Waals surface area contributed by atoms with Crippen LogP contribution in [-0.2, 0) is 5.41 Å². The van der Waals surface area contributed by atoms with Gasteiger partial charge in [-0.2, -0.15) is 5.10 Å². The third kappa shape index (κ3) is 2.80. The van der Waals surface area contributed by atoms with Gasteiger partial charge in [0.1, 0.15) is 0 Å². The highest BCUT2D eigenvalue weighted by molar-refractivity contribution is 5.43. The lowest BCUT2D eigenvalue weighted by Gasteiger charge is -2.19. The summed E-state index contributed by atoms with van der Waals surface area (Å²) in [5, 5.41) is 4.61. The van der Waals surface area contributed by atoms with Crippen molar-refractivity contribution in [2.75, 3.05) is 19.0 Å². The van der Waals surface area contributed by atoms with Crippen LogP contribution in [0.4, 0.5) is 5.82 Å². The van der Waals surface area contributed by atoms with Gasteiger partial charge in [-0.25, -0.2) is 4.68 Å². The zero-order valence-corrected chi connectivity index (χ0v) is 12.7. The monoisotopic (exact) mass is 257 g/mol. The van der Waals surface area contributed by atoms with Crippen molar-refractivity contribution >= 4 is 5.82 Å². The van der Waals surface area contributed by atoms with E-state index in [0.717, 1.165) is 17.2 Å². The molecule has 1 heterocycles. The Morgan fingerprint density at radius 1 is 1.05 bits per heavy atom. The Bertz CT molecular complexity index is 557. The van der Waals surface area contributed by atoms with Gasteiger partial charge in [-0.05, 0) is 30.0 Å². The highest BCUT2D eigenvalue weighted by atomic mass is 15.3. The predicted molar refractivity (Wildman–Crippen MR) is 81.3 cm³/mol. The van der Waals surface area contributed by atoms with E-state index in [1.165, 1.54) is 5.56 Å². The van der Waals surface area contributed by atoms with Gasteiger partial charge in [0.15, 0.2) is 5.82 Å². The van der Waals surface area contributed by atoms with Crippen molar-refractivity contribution < 1.29 is 0 Å². The Morgan fingerprint density at radius 2 is 1.63 bits per heavy atom. The zero-order chi connectivity index (χ0) is 14.2. The average Bonchev–Trinajstić information content (AvgIpc) is 2.70. The SMILES string of the molecule is Cc1cc(N(C)C)nn1-c1ccc(C(C)(C)C)cc1. The smallest absolute Gasteiger partial charge is 0.150 e. The normalized spacial score (nSPS) is 11.7. The van der Waals surface area contributed by atoms with Crippen LogP contribution in [-0.4, -0.2) is 23.9 Å². The van der Waals surface area contributed by atoms with Crippen molar-refractivity contribution in [1.29, 1.82) is 0 Å². The van der Waals surface area contributed by atoms with Gasteiger partial charge in [-0.15, -0.1) is 0 Å². The minimum Gasteiger partial charge on any atom is -0.361 e. The Morgan fingerprint density at radius 3 is 2.05 bits per heavy atom. The highest BCUT2D eigenvalue weighted by Gasteiger charge is 2.14. The number of benzene rings is 1. The Labute approximate surface area is 115 Å². The van der Waals surface area contributed by atoms with E-state index >= 15 is 0 Å². The van der Waals surface area contributed by atoms with Crippen molar-refractivity contribution in [3.05, 3.63) is 41.6 Å². The van der Waals surface area contributed by atoms with E-state index in [0.29, 0.717) is 0 Å². The molecule has 2 aromatic rings. The van der Waals surface area contributed by atoms with E-state index in [4.69, 9.17) is 0 Å². The molecule has 0 spiro atoms. The molecule has 3 heteroatoms. The van der Waals surface area contributed by atoms with E-state index in [9.17, 15) is 0 Å². The largest absolute Gasteiger partial charge is 0.361 e. The summed E-state index contributed by atoms with van der Waals surface area (Å²) < 4.78 is 1.99. The first kappa shape index (κ1) is 13.7. The van der Waals surface area contributed by atoms with Gasteiger partial charge in [0.05, 0.1) is 5.69 Å². The molecule has 2 rings (SSSR count). The van der Waals surface area contributed by atoms with Gasteiger partial charge in [0.25, 0.3) is 0 Å². The molecule has 0 aliphatic heterocycles. The Kier molecular flexibility index (Phi) is 3.40. The summed E-state index contributed by atoms with van der Waals surface area (Å²) in [5.41, 5.74) is 3.78. The number of anilines is 1. The predicted octanol–water partition coefficient (Wildman–Crippen LogP) is 3.54. The van der Waals surface area contributed by atoms with Crippen LogP contribution in [0.1, 0.15) is 32.0 Å². The number of aromatic nitrogens is 2. The van der Waals surface area contributed by atoms with Crippen LogP contribution in [0.3, 0.4) is 0 Å². The standard InChI is InChI=1S/C16H23N3/c1-12-11-15(18(5)6)17-19(12)14-9-7-13(8-10-14)16(2,3)4/h7-11H,1-6H3. The van der Waals surface area contributed by atoms with Crippen LogP contribution in [0, 0.1) is 6.92 Å². The number of aryl methyl sites for hydroxylation is 1. The third-order valence-electron chi connectivity index (χ3n) is 3.31. The molecular weight excluding hydrogens is 234 g/mol. The second kappa shape index (κ2) is 4.72. The zero-order valence-electron chi connectivity index (χ0n) is 12.7. The Balaban J connectivity index is 2.37. The molecule has 1 aromatic heterocycles. The second-order valence-corrected chi connectivity index (χ2v) is 6.25. The lowest BCUT2D eigenvalue weighted by molar-refractivity contribution is 0.590. The van der Waals surface area contributed by atoms with Gasteiger partial charge in [0, 0.05) is 25.9 Å². The maximum atomic E-state index is 4.61. The van der Waals surface area contributed by atoms with Crippen molar-refractivity contribution in [2.24, 2.45) is 0 Å².